The molecule has 2 aliphatic heterocycles. The van der Waals surface area contributed by atoms with Crippen LogP contribution in [-0.4, -0.2) is 126 Å². The number of halogens is 1. The SMILES string of the molecule is COCC(=O)N1CCC[C@@H](Nc2nc(-c3cnn4ccccc34)nc(N3CCN(Cc4ccc(OCCN(C)C)cc4)CC3)c2F)C1. The van der Waals surface area contributed by atoms with E-state index < -0.39 is 5.82 Å². The summed E-state index contributed by atoms with van der Waals surface area (Å²) in [4.78, 5) is 30.2. The van der Waals surface area contributed by atoms with Crippen molar-refractivity contribution in [2.75, 3.05) is 90.4 Å². The van der Waals surface area contributed by atoms with Crippen LogP contribution in [0.1, 0.15) is 18.4 Å². The molecular formula is C34H44FN9O3. The Hall–Kier alpha value is -4.33. The zero-order chi connectivity index (χ0) is 32.8. The number of aromatic nitrogens is 4. The number of fused-ring (bicyclic) bond motifs is 1. The van der Waals surface area contributed by atoms with Crippen LogP contribution >= 0.6 is 0 Å². The number of hydrogen-bond acceptors (Lipinski definition) is 10. The molecule has 2 aliphatic rings. The van der Waals surface area contributed by atoms with Crippen molar-refractivity contribution in [3.8, 4) is 17.1 Å². The Balaban J connectivity index is 1.18. The van der Waals surface area contributed by atoms with Crippen molar-refractivity contribution in [3.63, 3.8) is 0 Å². The molecule has 0 unspecified atom stereocenters. The minimum atomic E-state index is -0.483. The molecule has 0 spiro atoms. The van der Waals surface area contributed by atoms with E-state index in [1.165, 1.54) is 12.7 Å². The molecule has 1 N–H and O–H groups in total. The van der Waals surface area contributed by atoms with Gasteiger partial charge in [-0.3, -0.25) is 9.69 Å². The maximum atomic E-state index is 16.4. The van der Waals surface area contributed by atoms with Gasteiger partial charge in [-0.25, -0.2) is 14.5 Å². The number of piperazine rings is 1. The average Bonchev–Trinajstić information content (AvgIpc) is 3.51. The number of pyridine rings is 1. The molecule has 0 radical (unpaired) electrons. The zero-order valence-corrected chi connectivity index (χ0v) is 27.4. The van der Waals surface area contributed by atoms with Gasteiger partial charge in [0.05, 0.1) is 17.3 Å². The number of carbonyl (C=O) groups excluding carboxylic acids is 1. The van der Waals surface area contributed by atoms with Gasteiger partial charge in [-0.2, -0.15) is 9.49 Å². The minimum absolute atomic E-state index is 0.0281. The lowest BCUT2D eigenvalue weighted by atomic mass is 10.1. The summed E-state index contributed by atoms with van der Waals surface area (Å²) in [6, 6.07) is 13.9. The van der Waals surface area contributed by atoms with Crippen LogP contribution in [0.15, 0.2) is 54.9 Å². The minimum Gasteiger partial charge on any atom is -0.492 e. The number of amides is 1. The smallest absolute Gasteiger partial charge is 0.248 e. The molecule has 1 atom stereocenters. The van der Waals surface area contributed by atoms with Crippen LogP contribution in [0, 0.1) is 5.82 Å². The van der Waals surface area contributed by atoms with Gasteiger partial charge in [-0.05, 0) is 56.8 Å². The van der Waals surface area contributed by atoms with Crippen molar-refractivity contribution in [1.82, 2.24) is 34.3 Å². The van der Waals surface area contributed by atoms with Gasteiger partial charge in [0.2, 0.25) is 11.7 Å². The summed E-state index contributed by atoms with van der Waals surface area (Å²) >= 11 is 0. The molecule has 0 aliphatic carbocycles. The molecule has 250 valence electrons. The number of methoxy groups -OCH3 is 1. The van der Waals surface area contributed by atoms with Gasteiger partial charge in [0, 0.05) is 71.7 Å². The Labute approximate surface area is 275 Å². The number of likely N-dealkylation sites (N-methyl/N-ethyl adjacent to an activating group) is 1. The van der Waals surface area contributed by atoms with Gasteiger partial charge in [0.1, 0.15) is 19.0 Å². The first-order chi connectivity index (χ1) is 22.9. The van der Waals surface area contributed by atoms with Crippen LogP contribution in [0.2, 0.25) is 0 Å². The van der Waals surface area contributed by atoms with Crippen LogP contribution < -0.4 is 15.0 Å². The predicted octanol–water partition coefficient (Wildman–Crippen LogP) is 3.24. The summed E-state index contributed by atoms with van der Waals surface area (Å²) in [6.45, 7) is 6.23. The van der Waals surface area contributed by atoms with Crippen LogP contribution in [0.4, 0.5) is 16.0 Å². The first kappa shape index (κ1) is 32.6. The summed E-state index contributed by atoms with van der Waals surface area (Å²) < 4.78 is 29.0. The van der Waals surface area contributed by atoms with Crippen molar-refractivity contribution in [3.05, 3.63) is 66.2 Å². The standard InChI is InChI=1S/C34H44FN9O3/c1-40(2)19-20-47-27-11-9-25(10-12-27)22-41-15-17-42(18-16-41)34-31(35)33(37-26-7-6-13-43(23-26)30(45)24-46-3)38-32(39-34)28-21-36-44-14-5-4-8-29(28)44/h4-5,8-12,14,21,26H,6-7,13,15-20,22-24H2,1-3H3,(H,37,38,39)/t26-/m1/s1. The van der Waals surface area contributed by atoms with E-state index in [0.717, 1.165) is 55.9 Å². The zero-order valence-electron chi connectivity index (χ0n) is 27.4. The maximum absolute atomic E-state index is 16.4. The number of rotatable bonds is 12. The molecule has 1 aromatic carbocycles. The molecule has 2 fully saturated rings. The predicted molar refractivity (Wildman–Crippen MR) is 179 cm³/mol. The highest BCUT2D eigenvalue weighted by Gasteiger charge is 2.29. The second-order valence-electron chi connectivity index (χ2n) is 12.4. The van der Waals surface area contributed by atoms with E-state index in [1.54, 1.807) is 15.6 Å². The quantitative estimate of drug-likeness (QED) is 0.247. The Morgan fingerprint density at radius 2 is 1.87 bits per heavy atom. The Bertz CT molecular complexity index is 1640. The largest absolute Gasteiger partial charge is 0.492 e. The number of nitrogens with one attached hydrogen (secondary N) is 1. The van der Waals surface area contributed by atoms with E-state index in [-0.39, 0.29) is 30.2 Å². The molecular weight excluding hydrogens is 601 g/mol. The van der Waals surface area contributed by atoms with E-state index >= 15 is 4.39 Å². The molecule has 13 heteroatoms. The monoisotopic (exact) mass is 645 g/mol. The second kappa shape index (κ2) is 15.1. The summed E-state index contributed by atoms with van der Waals surface area (Å²) in [7, 11) is 5.57. The highest BCUT2D eigenvalue weighted by atomic mass is 19.1. The molecule has 0 saturated carbocycles. The number of carbonyl (C=O) groups is 1. The second-order valence-corrected chi connectivity index (χ2v) is 12.4. The summed E-state index contributed by atoms with van der Waals surface area (Å²) in [5.41, 5.74) is 2.77. The average molecular weight is 646 g/mol. The van der Waals surface area contributed by atoms with Gasteiger partial charge < -0.3 is 29.5 Å². The van der Waals surface area contributed by atoms with Crippen molar-refractivity contribution in [2.45, 2.75) is 25.4 Å². The number of likely N-dealkylation sites (tertiary alicyclic amines) is 1. The van der Waals surface area contributed by atoms with E-state index in [4.69, 9.17) is 19.4 Å². The number of hydrogen-bond donors (Lipinski definition) is 1. The Morgan fingerprint density at radius 1 is 1.06 bits per heavy atom. The van der Waals surface area contributed by atoms with Crippen LogP contribution in [0.5, 0.6) is 5.75 Å². The summed E-state index contributed by atoms with van der Waals surface area (Å²) in [5, 5.41) is 7.80. The Kier molecular flexibility index (Phi) is 10.4. The topological polar surface area (TPSA) is 104 Å². The maximum Gasteiger partial charge on any atom is 0.248 e. The number of ether oxygens (including phenoxy) is 2. The van der Waals surface area contributed by atoms with Gasteiger partial charge in [0.15, 0.2) is 17.5 Å². The lowest BCUT2D eigenvalue weighted by Crippen LogP contribution is -2.47. The van der Waals surface area contributed by atoms with E-state index in [0.29, 0.717) is 38.6 Å². The highest BCUT2D eigenvalue weighted by molar-refractivity contribution is 5.78. The third-order valence-electron chi connectivity index (χ3n) is 8.69. The van der Waals surface area contributed by atoms with Crippen LogP contribution in [0.25, 0.3) is 16.9 Å². The molecule has 1 amide bonds. The van der Waals surface area contributed by atoms with Crippen LogP contribution in [0.3, 0.4) is 0 Å². The fraction of sp³-hybridized carbons (Fsp3) is 0.471. The fourth-order valence-electron chi connectivity index (χ4n) is 6.11. The lowest BCUT2D eigenvalue weighted by molar-refractivity contribution is -0.136. The van der Waals surface area contributed by atoms with Crippen molar-refractivity contribution < 1.29 is 18.7 Å². The van der Waals surface area contributed by atoms with Gasteiger partial charge >= 0.3 is 0 Å². The van der Waals surface area contributed by atoms with Gasteiger partial charge in [0.25, 0.3) is 0 Å². The van der Waals surface area contributed by atoms with E-state index in [9.17, 15) is 4.79 Å². The number of nitrogens with zero attached hydrogens (tertiary/aromatic N) is 8. The van der Waals surface area contributed by atoms with E-state index in [2.05, 4.69) is 32.3 Å². The normalized spacial score (nSPS) is 17.4. The number of benzene rings is 1. The fourth-order valence-corrected chi connectivity index (χ4v) is 6.11. The van der Waals surface area contributed by atoms with Crippen molar-refractivity contribution >= 4 is 23.1 Å². The molecule has 2 saturated heterocycles. The molecule has 47 heavy (non-hydrogen) atoms. The van der Waals surface area contributed by atoms with Crippen LogP contribution in [-0.2, 0) is 16.1 Å². The van der Waals surface area contributed by atoms with Gasteiger partial charge in [-0.1, -0.05) is 18.2 Å². The molecule has 12 nitrogen and oxygen atoms in total. The van der Waals surface area contributed by atoms with E-state index in [1.807, 2.05) is 55.5 Å². The third kappa shape index (κ3) is 7.98. The first-order valence-corrected chi connectivity index (χ1v) is 16.2. The Morgan fingerprint density at radius 3 is 2.64 bits per heavy atom. The first-order valence-electron chi connectivity index (χ1n) is 16.2. The molecule has 6 rings (SSSR count). The summed E-state index contributed by atoms with van der Waals surface area (Å²) in [5.74, 6) is 1.13. The molecule has 0 bridgehead atoms. The molecule has 4 aromatic rings. The van der Waals surface area contributed by atoms with Gasteiger partial charge in [-0.15, -0.1) is 0 Å². The molecule has 5 heterocycles. The third-order valence-corrected chi connectivity index (χ3v) is 8.69. The number of piperidine rings is 1. The number of anilines is 2. The highest BCUT2D eigenvalue weighted by Crippen LogP contribution is 2.31. The van der Waals surface area contributed by atoms with Crippen molar-refractivity contribution in [2.24, 2.45) is 0 Å². The van der Waals surface area contributed by atoms with Crippen molar-refractivity contribution in [1.29, 1.82) is 0 Å². The molecule has 3 aromatic heterocycles. The lowest BCUT2D eigenvalue weighted by Gasteiger charge is -2.36. The summed E-state index contributed by atoms with van der Waals surface area (Å²) in [6.07, 6.45) is 5.19.